The highest BCUT2D eigenvalue weighted by molar-refractivity contribution is 5.96. The van der Waals surface area contributed by atoms with Crippen LogP contribution in [0.1, 0.15) is 47.7 Å². The smallest absolute Gasteiger partial charge is 0.272 e. The monoisotopic (exact) mass is 400 g/mol. The second kappa shape index (κ2) is 6.22. The van der Waals surface area contributed by atoms with E-state index in [1.807, 2.05) is 24.3 Å². The van der Waals surface area contributed by atoms with Crippen LogP contribution in [0.25, 0.3) is 21.9 Å². The van der Waals surface area contributed by atoms with Crippen LogP contribution in [0.4, 0.5) is 0 Å². The molecule has 1 spiro atoms. The lowest BCUT2D eigenvalue weighted by molar-refractivity contribution is -0.0196. The van der Waals surface area contributed by atoms with Crippen LogP contribution in [0.15, 0.2) is 47.7 Å². The number of pyridine rings is 1. The van der Waals surface area contributed by atoms with Gasteiger partial charge in [-0.05, 0) is 43.2 Å². The van der Waals surface area contributed by atoms with Crippen molar-refractivity contribution in [1.82, 2.24) is 30.5 Å². The van der Waals surface area contributed by atoms with Crippen molar-refractivity contribution in [3.8, 4) is 0 Å². The van der Waals surface area contributed by atoms with Crippen molar-refractivity contribution in [2.75, 3.05) is 0 Å². The molecule has 30 heavy (non-hydrogen) atoms. The van der Waals surface area contributed by atoms with Crippen molar-refractivity contribution < 1.29 is 4.79 Å². The highest BCUT2D eigenvalue weighted by atomic mass is 16.1. The van der Waals surface area contributed by atoms with Crippen molar-refractivity contribution in [3.63, 3.8) is 0 Å². The molecule has 4 aromatic rings. The summed E-state index contributed by atoms with van der Waals surface area (Å²) in [5, 5.41) is 11.8. The number of hydrogen-bond donors (Lipinski definition) is 3. The summed E-state index contributed by atoms with van der Waals surface area (Å²) in [7, 11) is 0. The molecule has 0 unspecified atom stereocenters. The molecule has 8 nitrogen and oxygen atoms in total. The van der Waals surface area contributed by atoms with E-state index < -0.39 is 0 Å². The van der Waals surface area contributed by atoms with E-state index in [1.165, 1.54) is 0 Å². The summed E-state index contributed by atoms with van der Waals surface area (Å²) in [6.45, 7) is 0. The van der Waals surface area contributed by atoms with Gasteiger partial charge in [-0.25, -0.2) is 15.1 Å². The van der Waals surface area contributed by atoms with Crippen LogP contribution in [-0.4, -0.2) is 37.1 Å². The van der Waals surface area contributed by atoms with E-state index in [-0.39, 0.29) is 22.9 Å². The molecule has 2 saturated carbocycles. The molecular formula is C22H20N6O2. The molecule has 1 aromatic carbocycles. The normalized spacial score (nSPS) is 25.2. The van der Waals surface area contributed by atoms with Crippen LogP contribution in [0.5, 0.6) is 0 Å². The van der Waals surface area contributed by atoms with Gasteiger partial charge in [0.05, 0.1) is 28.5 Å². The summed E-state index contributed by atoms with van der Waals surface area (Å²) in [6, 6.07) is 9.63. The Kier molecular flexibility index (Phi) is 3.59. The molecule has 2 aliphatic rings. The number of aromatic nitrogens is 5. The third-order valence-corrected chi connectivity index (χ3v) is 6.70. The molecule has 8 heteroatoms. The standard InChI is InChI=1S/C22H20N6O2/c29-20(12-5-17-19(23-10-12)25-11-24-17)26-14-8-22(9-14)6-13(7-22)18-15-3-1-2-4-16(15)21(30)28-27-18/h1-5,10-11,13-14H,6-9H2,(H,26,29)(H,28,30)(H,23,24,25). The number of fused-ring (bicyclic) bond motifs is 2. The first-order valence-electron chi connectivity index (χ1n) is 10.2. The summed E-state index contributed by atoms with van der Waals surface area (Å²) in [4.78, 5) is 35.8. The minimum Gasteiger partial charge on any atom is -0.349 e. The molecule has 0 aliphatic heterocycles. The van der Waals surface area contributed by atoms with Crippen molar-refractivity contribution in [2.24, 2.45) is 5.41 Å². The number of hydrogen-bond acceptors (Lipinski definition) is 5. The van der Waals surface area contributed by atoms with Crippen LogP contribution in [0, 0.1) is 5.41 Å². The number of amides is 1. The van der Waals surface area contributed by atoms with Crippen molar-refractivity contribution >= 4 is 27.8 Å². The Balaban J connectivity index is 1.11. The van der Waals surface area contributed by atoms with Gasteiger partial charge in [0.25, 0.3) is 11.5 Å². The van der Waals surface area contributed by atoms with Crippen LogP contribution >= 0.6 is 0 Å². The molecule has 3 heterocycles. The lowest BCUT2D eigenvalue weighted by Crippen LogP contribution is -2.55. The Hall–Kier alpha value is -3.55. The number of aromatic amines is 2. The van der Waals surface area contributed by atoms with Gasteiger partial charge in [-0.3, -0.25) is 9.59 Å². The van der Waals surface area contributed by atoms with E-state index in [0.717, 1.165) is 42.3 Å². The number of nitrogens with zero attached hydrogens (tertiary/aromatic N) is 3. The zero-order valence-electron chi connectivity index (χ0n) is 16.2. The average molecular weight is 400 g/mol. The van der Waals surface area contributed by atoms with E-state index in [2.05, 4.69) is 30.5 Å². The molecule has 0 bridgehead atoms. The molecule has 0 radical (unpaired) electrons. The number of carbonyl (C=O) groups excluding carboxylic acids is 1. The third kappa shape index (κ3) is 2.63. The Morgan fingerprint density at radius 1 is 1.10 bits per heavy atom. The average Bonchev–Trinajstić information content (AvgIpc) is 3.17. The molecule has 6 rings (SSSR count). The SMILES string of the molecule is O=C(NC1CC2(C1)CC(c1n[nH]c(=O)c3ccccc13)C2)c1cnc2nc[nH]c2c1. The molecule has 2 aliphatic carbocycles. The van der Waals surface area contributed by atoms with Crippen LogP contribution in [0.3, 0.4) is 0 Å². The molecule has 1 amide bonds. The maximum atomic E-state index is 12.6. The third-order valence-electron chi connectivity index (χ3n) is 6.70. The second-order valence-corrected chi connectivity index (χ2v) is 8.67. The van der Waals surface area contributed by atoms with Crippen LogP contribution in [0.2, 0.25) is 0 Å². The lowest BCUT2D eigenvalue weighted by atomic mass is 9.49. The summed E-state index contributed by atoms with van der Waals surface area (Å²) >= 11 is 0. The van der Waals surface area contributed by atoms with Crippen molar-refractivity contribution in [2.45, 2.75) is 37.6 Å². The highest BCUT2D eigenvalue weighted by Crippen LogP contribution is 2.62. The fourth-order valence-electron chi connectivity index (χ4n) is 5.27. The van der Waals surface area contributed by atoms with Gasteiger partial charge in [0.15, 0.2) is 5.65 Å². The van der Waals surface area contributed by atoms with Crippen LogP contribution < -0.4 is 10.9 Å². The first kappa shape index (κ1) is 17.3. The zero-order valence-corrected chi connectivity index (χ0v) is 16.2. The summed E-state index contributed by atoms with van der Waals surface area (Å²) < 4.78 is 0. The Morgan fingerprint density at radius 2 is 1.90 bits per heavy atom. The summed E-state index contributed by atoms with van der Waals surface area (Å²) in [5.41, 5.74) is 3.05. The lowest BCUT2D eigenvalue weighted by Gasteiger charge is -2.57. The van der Waals surface area contributed by atoms with Gasteiger partial charge in [0.2, 0.25) is 0 Å². The number of rotatable bonds is 3. The molecule has 0 atom stereocenters. The first-order valence-corrected chi connectivity index (χ1v) is 10.2. The van der Waals surface area contributed by atoms with E-state index in [1.54, 1.807) is 18.6 Å². The zero-order chi connectivity index (χ0) is 20.3. The molecular weight excluding hydrogens is 380 g/mol. The summed E-state index contributed by atoms with van der Waals surface area (Å²) in [6.07, 6.45) is 7.20. The molecule has 3 N–H and O–H groups in total. The fraction of sp³-hybridized carbons (Fsp3) is 0.318. The van der Waals surface area contributed by atoms with Gasteiger partial charge >= 0.3 is 0 Å². The van der Waals surface area contributed by atoms with E-state index in [0.29, 0.717) is 22.5 Å². The quantitative estimate of drug-likeness (QED) is 0.489. The number of nitrogens with one attached hydrogen (secondary N) is 3. The minimum atomic E-state index is -0.141. The van der Waals surface area contributed by atoms with E-state index in [4.69, 9.17) is 0 Å². The number of benzene rings is 1. The Morgan fingerprint density at radius 3 is 2.73 bits per heavy atom. The first-order chi connectivity index (χ1) is 14.6. The maximum Gasteiger partial charge on any atom is 0.272 e. The van der Waals surface area contributed by atoms with Gasteiger partial charge in [-0.1, -0.05) is 18.2 Å². The second-order valence-electron chi connectivity index (χ2n) is 8.67. The molecule has 3 aromatic heterocycles. The molecule has 2 fully saturated rings. The predicted molar refractivity (Wildman–Crippen MR) is 111 cm³/mol. The largest absolute Gasteiger partial charge is 0.349 e. The van der Waals surface area contributed by atoms with Gasteiger partial charge in [0, 0.05) is 23.5 Å². The highest BCUT2D eigenvalue weighted by Gasteiger charge is 2.54. The topological polar surface area (TPSA) is 116 Å². The molecule has 150 valence electrons. The Bertz CT molecular complexity index is 1340. The maximum absolute atomic E-state index is 12.6. The van der Waals surface area contributed by atoms with Crippen LogP contribution in [-0.2, 0) is 0 Å². The van der Waals surface area contributed by atoms with Gasteiger partial charge < -0.3 is 10.3 Å². The predicted octanol–water partition coefficient (Wildman–Crippen LogP) is 2.65. The number of carbonyl (C=O) groups is 1. The van der Waals surface area contributed by atoms with Gasteiger partial charge in [-0.15, -0.1) is 0 Å². The van der Waals surface area contributed by atoms with Crippen molar-refractivity contribution in [3.05, 3.63) is 64.5 Å². The van der Waals surface area contributed by atoms with Crippen molar-refractivity contribution in [1.29, 1.82) is 0 Å². The molecule has 0 saturated heterocycles. The van der Waals surface area contributed by atoms with E-state index >= 15 is 0 Å². The van der Waals surface area contributed by atoms with Gasteiger partial charge in [0.1, 0.15) is 0 Å². The minimum absolute atomic E-state index is 0.0944. The fourth-order valence-corrected chi connectivity index (χ4v) is 5.27. The van der Waals surface area contributed by atoms with E-state index in [9.17, 15) is 9.59 Å². The van der Waals surface area contributed by atoms with Gasteiger partial charge in [-0.2, -0.15) is 5.10 Å². The number of imidazole rings is 1. The number of H-pyrrole nitrogens is 2. The summed E-state index contributed by atoms with van der Waals surface area (Å²) in [5.74, 6) is 0.262. The Labute approximate surface area is 171 Å².